The summed E-state index contributed by atoms with van der Waals surface area (Å²) in [6.07, 6.45) is 1.98. The highest BCUT2D eigenvalue weighted by molar-refractivity contribution is 5.98. The van der Waals surface area contributed by atoms with Crippen LogP contribution in [0.1, 0.15) is 16.8 Å². The molecule has 3 amide bonds. The smallest absolute Gasteiger partial charge is 0.320 e. The molecule has 2 atom stereocenters. The largest absolute Gasteiger partial charge is 0.378 e. The van der Waals surface area contributed by atoms with Gasteiger partial charge in [-0.2, -0.15) is 0 Å². The van der Waals surface area contributed by atoms with Crippen molar-refractivity contribution in [2.24, 2.45) is 11.5 Å². The fourth-order valence-corrected chi connectivity index (χ4v) is 3.17. The molecule has 2 aromatic heterocycles. The molecule has 10 nitrogen and oxygen atoms in total. The van der Waals surface area contributed by atoms with E-state index in [1.807, 2.05) is 6.07 Å². The number of alkyl halides is 1. The lowest BCUT2D eigenvalue weighted by molar-refractivity contribution is 0.1000. The molecule has 1 saturated heterocycles. The Kier molecular flexibility index (Phi) is 6.62. The second-order valence-electron chi connectivity index (χ2n) is 6.98. The molecule has 0 saturated carbocycles. The van der Waals surface area contributed by atoms with E-state index in [4.69, 9.17) is 11.5 Å². The number of nitrogens with one attached hydrogen (secondary N) is 2. The molecule has 0 unspecified atom stereocenters. The molecule has 2 aromatic rings. The van der Waals surface area contributed by atoms with E-state index in [-0.39, 0.29) is 24.8 Å². The van der Waals surface area contributed by atoms with E-state index in [9.17, 15) is 14.0 Å². The third-order valence-corrected chi connectivity index (χ3v) is 4.84. The second kappa shape index (κ2) is 9.35. The standard InChI is InChI=1S/C19H25FN8O2/c1-27(11-21)19(30)28-7-5-14(13(20)10-28)25-15-8-17(24-9-12(15)18(22)29)26-16-4-2-3-6-23-16/h2-4,6,8-9,13-14H,5,7,10-11,21H2,1H3,(H2,22,29)(H2,23,24,25,26)/t13-,14+/m0/s1. The quantitative estimate of drug-likeness (QED) is 0.517. The van der Waals surface area contributed by atoms with Crippen LogP contribution in [0.4, 0.5) is 26.5 Å². The highest BCUT2D eigenvalue weighted by Crippen LogP contribution is 2.25. The Bertz CT molecular complexity index is 897. The van der Waals surface area contributed by atoms with Gasteiger partial charge in [0.05, 0.1) is 30.5 Å². The number of rotatable bonds is 6. The maximum absolute atomic E-state index is 14.8. The van der Waals surface area contributed by atoms with Crippen LogP contribution in [0.2, 0.25) is 0 Å². The van der Waals surface area contributed by atoms with Crippen molar-refractivity contribution in [1.82, 2.24) is 19.8 Å². The number of piperidine rings is 1. The Balaban J connectivity index is 1.74. The second-order valence-corrected chi connectivity index (χ2v) is 6.98. The van der Waals surface area contributed by atoms with E-state index >= 15 is 0 Å². The molecular weight excluding hydrogens is 391 g/mol. The van der Waals surface area contributed by atoms with Crippen LogP contribution in [0, 0.1) is 0 Å². The van der Waals surface area contributed by atoms with Crippen molar-refractivity contribution in [2.45, 2.75) is 18.6 Å². The first-order valence-electron chi connectivity index (χ1n) is 9.47. The molecule has 0 aromatic carbocycles. The van der Waals surface area contributed by atoms with Crippen LogP contribution in [-0.4, -0.2) is 70.7 Å². The van der Waals surface area contributed by atoms with Crippen molar-refractivity contribution in [3.63, 3.8) is 0 Å². The number of nitrogens with zero attached hydrogens (tertiary/aromatic N) is 4. The Morgan fingerprint density at radius 2 is 2.13 bits per heavy atom. The topological polar surface area (TPSA) is 142 Å². The maximum atomic E-state index is 14.8. The van der Waals surface area contributed by atoms with E-state index < -0.39 is 18.1 Å². The molecule has 3 heterocycles. The minimum absolute atomic E-state index is 0.0546. The Morgan fingerprint density at radius 3 is 2.77 bits per heavy atom. The van der Waals surface area contributed by atoms with Crippen LogP contribution in [-0.2, 0) is 0 Å². The highest BCUT2D eigenvalue weighted by Gasteiger charge is 2.33. The van der Waals surface area contributed by atoms with Gasteiger partial charge < -0.3 is 31.9 Å². The lowest BCUT2D eigenvalue weighted by Crippen LogP contribution is -2.53. The summed E-state index contributed by atoms with van der Waals surface area (Å²) >= 11 is 0. The summed E-state index contributed by atoms with van der Waals surface area (Å²) in [5, 5.41) is 6.08. The number of nitrogens with two attached hydrogens (primary N) is 2. The molecule has 0 spiro atoms. The Labute approximate surface area is 173 Å². The summed E-state index contributed by atoms with van der Waals surface area (Å²) in [6.45, 7) is 0.340. The van der Waals surface area contributed by atoms with E-state index in [0.717, 1.165) is 0 Å². The zero-order valence-electron chi connectivity index (χ0n) is 16.6. The van der Waals surface area contributed by atoms with Crippen molar-refractivity contribution in [2.75, 3.05) is 37.4 Å². The molecule has 1 aliphatic heterocycles. The molecule has 6 N–H and O–H groups in total. The first-order valence-corrected chi connectivity index (χ1v) is 9.47. The van der Waals surface area contributed by atoms with Gasteiger partial charge in [0.1, 0.15) is 17.8 Å². The number of amides is 3. The van der Waals surface area contributed by atoms with Gasteiger partial charge in [-0.25, -0.2) is 19.2 Å². The summed E-state index contributed by atoms with van der Waals surface area (Å²) in [6, 6.07) is 6.03. The van der Waals surface area contributed by atoms with E-state index in [2.05, 4.69) is 20.6 Å². The van der Waals surface area contributed by atoms with Crippen molar-refractivity contribution in [3.8, 4) is 0 Å². The van der Waals surface area contributed by atoms with Gasteiger partial charge in [0.15, 0.2) is 0 Å². The van der Waals surface area contributed by atoms with Crippen LogP contribution >= 0.6 is 0 Å². The Hall–Kier alpha value is -3.47. The maximum Gasteiger partial charge on any atom is 0.320 e. The van der Waals surface area contributed by atoms with Crippen molar-refractivity contribution in [3.05, 3.63) is 42.2 Å². The third kappa shape index (κ3) is 4.92. The average molecular weight is 416 g/mol. The normalized spacial score (nSPS) is 18.6. The summed E-state index contributed by atoms with van der Waals surface area (Å²) in [4.78, 5) is 35.1. The number of urea groups is 1. The van der Waals surface area contributed by atoms with Gasteiger partial charge >= 0.3 is 6.03 Å². The summed E-state index contributed by atoms with van der Waals surface area (Å²) in [5.41, 5.74) is 11.4. The van der Waals surface area contributed by atoms with Crippen LogP contribution in [0.15, 0.2) is 36.7 Å². The van der Waals surface area contributed by atoms with Crippen molar-refractivity contribution >= 4 is 29.3 Å². The van der Waals surface area contributed by atoms with Crippen molar-refractivity contribution in [1.29, 1.82) is 0 Å². The van der Waals surface area contributed by atoms with E-state index in [1.165, 1.54) is 16.0 Å². The van der Waals surface area contributed by atoms with Gasteiger partial charge in [-0.1, -0.05) is 6.07 Å². The molecule has 160 valence electrons. The van der Waals surface area contributed by atoms with Crippen LogP contribution in [0.5, 0.6) is 0 Å². The molecule has 3 rings (SSSR count). The SMILES string of the molecule is CN(CN)C(=O)N1CC[C@@H](Nc2cc(Nc3ccccn3)ncc2C(N)=O)[C@@H](F)C1. The van der Waals surface area contributed by atoms with Gasteiger partial charge in [-0.05, 0) is 18.6 Å². The number of carbonyl (C=O) groups is 2. The van der Waals surface area contributed by atoms with Crippen molar-refractivity contribution < 1.29 is 14.0 Å². The summed E-state index contributed by atoms with van der Waals surface area (Å²) < 4.78 is 14.8. The number of anilines is 3. The number of hydrogen-bond acceptors (Lipinski definition) is 7. The van der Waals surface area contributed by atoms with Crippen LogP contribution in [0.25, 0.3) is 0 Å². The predicted molar refractivity (Wildman–Crippen MR) is 111 cm³/mol. The zero-order valence-corrected chi connectivity index (χ0v) is 16.6. The molecule has 1 aliphatic rings. The number of primary amides is 1. The minimum atomic E-state index is -1.34. The van der Waals surface area contributed by atoms with Gasteiger partial charge in [-0.15, -0.1) is 0 Å². The minimum Gasteiger partial charge on any atom is -0.378 e. The average Bonchev–Trinajstić information content (AvgIpc) is 2.74. The summed E-state index contributed by atoms with van der Waals surface area (Å²) in [5.74, 6) is 0.317. The van der Waals surface area contributed by atoms with Gasteiger partial charge in [0.2, 0.25) is 0 Å². The number of halogens is 1. The molecule has 0 bridgehead atoms. The highest BCUT2D eigenvalue weighted by atomic mass is 19.1. The molecule has 0 aliphatic carbocycles. The Morgan fingerprint density at radius 1 is 1.33 bits per heavy atom. The predicted octanol–water partition coefficient (Wildman–Crippen LogP) is 1.11. The van der Waals surface area contributed by atoms with E-state index in [0.29, 0.717) is 30.3 Å². The number of hydrogen-bond donors (Lipinski definition) is 4. The number of likely N-dealkylation sites (tertiary alicyclic amines) is 1. The fraction of sp³-hybridized carbons (Fsp3) is 0.368. The van der Waals surface area contributed by atoms with E-state index in [1.54, 1.807) is 31.4 Å². The third-order valence-electron chi connectivity index (χ3n) is 4.84. The summed E-state index contributed by atoms with van der Waals surface area (Å²) in [7, 11) is 1.56. The molecule has 30 heavy (non-hydrogen) atoms. The number of pyridine rings is 2. The molecule has 1 fully saturated rings. The first-order chi connectivity index (χ1) is 14.4. The molecule has 11 heteroatoms. The van der Waals surface area contributed by atoms with Gasteiger partial charge in [-0.3, -0.25) is 4.79 Å². The zero-order chi connectivity index (χ0) is 21.7. The van der Waals surface area contributed by atoms with Crippen LogP contribution in [0.3, 0.4) is 0 Å². The molecular formula is C19H25FN8O2. The van der Waals surface area contributed by atoms with Gasteiger partial charge in [0.25, 0.3) is 5.91 Å². The van der Waals surface area contributed by atoms with Crippen LogP contribution < -0.4 is 22.1 Å². The lowest BCUT2D eigenvalue weighted by atomic mass is 10.0. The fourth-order valence-electron chi connectivity index (χ4n) is 3.17. The monoisotopic (exact) mass is 416 g/mol. The molecule has 0 radical (unpaired) electrons. The van der Waals surface area contributed by atoms with Gasteiger partial charge in [0, 0.05) is 32.1 Å². The lowest BCUT2D eigenvalue weighted by Gasteiger charge is -2.37. The number of carbonyl (C=O) groups excluding carboxylic acids is 2. The number of aromatic nitrogens is 2. The first kappa shape index (κ1) is 21.2.